The third-order valence-corrected chi connectivity index (χ3v) is 5.10. The molecule has 0 amide bonds. The van der Waals surface area contributed by atoms with E-state index in [2.05, 4.69) is 69.8 Å². The lowest BCUT2D eigenvalue weighted by atomic mass is 9.80. The summed E-state index contributed by atoms with van der Waals surface area (Å²) >= 11 is 0. The summed E-state index contributed by atoms with van der Waals surface area (Å²) in [6, 6.07) is 8.31. The molecule has 1 aliphatic carbocycles. The average molecular weight is 331 g/mol. The van der Waals surface area contributed by atoms with Crippen molar-refractivity contribution in [1.82, 2.24) is 4.90 Å². The largest absolute Gasteiger partial charge is 0.458 e. The standard InChI is InChI=1S/C23H25NO/c1-7-18-13-22-23(16(4)20(18)8-2)25-17(5)21(24(22)6)14-19-12-10-9-11-15(19)3/h7-14,16,20H,1-2,5H2,3-4,6H3/b21-14+. The Morgan fingerprint density at radius 1 is 1.20 bits per heavy atom. The molecule has 1 aromatic rings. The molecule has 2 heteroatoms. The van der Waals surface area contributed by atoms with Gasteiger partial charge < -0.3 is 9.64 Å². The highest BCUT2D eigenvalue weighted by Crippen LogP contribution is 2.43. The van der Waals surface area contributed by atoms with Gasteiger partial charge in [-0.25, -0.2) is 0 Å². The highest BCUT2D eigenvalue weighted by atomic mass is 16.5. The van der Waals surface area contributed by atoms with Gasteiger partial charge in [0.2, 0.25) is 0 Å². The first kappa shape index (κ1) is 17.1. The van der Waals surface area contributed by atoms with Crippen LogP contribution in [-0.2, 0) is 4.74 Å². The number of nitrogens with zero attached hydrogens (tertiary/aromatic N) is 1. The Labute approximate surface area is 150 Å². The van der Waals surface area contributed by atoms with Crippen LogP contribution in [0.3, 0.4) is 0 Å². The summed E-state index contributed by atoms with van der Waals surface area (Å²) in [4.78, 5) is 2.16. The van der Waals surface area contributed by atoms with Crippen LogP contribution >= 0.6 is 0 Å². The third kappa shape index (κ3) is 2.89. The SMILES string of the molecule is C=CC1=CC2=C(OC(=C)/C(=C\c3ccccc3C)N2C)C(C)C1C=C. The molecule has 2 aliphatic rings. The first-order valence-electron chi connectivity index (χ1n) is 8.56. The van der Waals surface area contributed by atoms with Crippen LogP contribution in [-0.4, -0.2) is 11.9 Å². The molecule has 0 bridgehead atoms. The molecule has 25 heavy (non-hydrogen) atoms. The second-order valence-electron chi connectivity index (χ2n) is 6.62. The van der Waals surface area contributed by atoms with Crippen LogP contribution in [0.15, 0.2) is 90.7 Å². The second-order valence-corrected chi connectivity index (χ2v) is 6.62. The van der Waals surface area contributed by atoms with Crippen molar-refractivity contribution >= 4 is 6.08 Å². The van der Waals surface area contributed by atoms with E-state index < -0.39 is 0 Å². The molecule has 0 spiro atoms. The third-order valence-electron chi connectivity index (χ3n) is 5.10. The van der Waals surface area contributed by atoms with Crippen LogP contribution in [0, 0.1) is 18.8 Å². The zero-order chi connectivity index (χ0) is 18.1. The van der Waals surface area contributed by atoms with E-state index >= 15 is 0 Å². The number of likely N-dealkylation sites (N-methyl/N-ethyl adjacent to an activating group) is 1. The second kappa shape index (κ2) is 6.64. The lowest BCUT2D eigenvalue weighted by molar-refractivity contribution is 0.201. The van der Waals surface area contributed by atoms with Gasteiger partial charge in [0.05, 0.1) is 11.4 Å². The van der Waals surface area contributed by atoms with Crippen LogP contribution < -0.4 is 0 Å². The minimum atomic E-state index is 0.199. The van der Waals surface area contributed by atoms with Crippen molar-refractivity contribution in [2.75, 3.05) is 7.05 Å². The zero-order valence-electron chi connectivity index (χ0n) is 15.3. The van der Waals surface area contributed by atoms with Crippen molar-refractivity contribution in [3.8, 4) is 0 Å². The van der Waals surface area contributed by atoms with E-state index in [0.29, 0.717) is 5.76 Å². The van der Waals surface area contributed by atoms with Gasteiger partial charge in [0.1, 0.15) is 11.5 Å². The summed E-state index contributed by atoms with van der Waals surface area (Å²) in [6.07, 6.45) is 8.15. The monoisotopic (exact) mass is 331 g/mol. The molecule has 1 aromatic carbocycles. The fraction of sp³-hybridized carbons (Fsp3) is 0.217. The van der Waals surface area contributed by atoms with E-state index in [1.807, 2.05) is 24.3 Å². The molecule has 2 unspecified atom stereocenters. The smallest absolute Gasteiger partial charge is 0.143 e. The topological polar surface area (TPSA) is 12.5 Å². The molecule has 0 fully saturated rings. The number of aryl methyl sites for hydroxylation is 1. The molecular formula is C23H25NO. The van der Waals surface area contributed by atoms with Crippen molar-refractivity contribution in [3.05, 3.63) is 102 Å². The Morgan fingerprint density at radius 2 is 1.92 bits per heavy atom. The molecular weight excluding hydrogens is 306 g/mol. The van der Waals surface area contributed by atoms with Crippen LogP contribution in [0.1, 0.15) is 18.1 Å². The van der Waals surface area contributed by atoms with E-state index in [1.165, 1.54) is 16.7 Å². The summed E-state index contributed by atoms with van der Waals surface area (Å²) in [5.74, 6) is 2.03. The molecule has 3 rings (SSSR count). The molecule has 0 aromatic heterocycles. The fourth-order valence-electron chi connectivity index (χ4n) is 3.53. The normalized spacial score (nSPS) is 24.6. The zero-order valence-corrected chi connectivity index (χ0v) is 15.3. The van der Waals surface area contributed by atoms with Crippen LogP contribution in [0.25, 0.3) is 6.08 Å². The highest BCUT2D eigenvalue weighted by Gasteiger charge is 2.35. The molecule has 0 N–H and O–H groups in total. The summed E-state index contributed by atoms with van der Waals surface area (Å²) in [6.45, 7) is 16.4. The van der Waals surface area contributed by atoms with Gasteiger partial charge in [0.25, 0.3) is 0 Å². The number of ether oxygens (including phenoxy) is 1. The summed E-state index contributed by atoms with van der Waals surface area (Å²) in [7, 11) is 2.06. The number of hydrogen-bond acceptors (Lipinski definition) is 2. The average Bonchev–Trinajstić information content (AvgIpc) is 2.60. The molecule has 128 valence electrons. The highest BCUT2D eigenvalue weighted by molar-refractivity contribution is 5.62. The van der Waals surface area contributed by atoms with Gasteiger partial charge in [0, 0.05) is 18.9 Å². The van der Waals surface area contributed by atoms with Gasteiger partial charge in [-0.05, 0) is 35.8 Å². The number of rotatable bonds is 3. The molecule has 0 saturated carbocycles. The van der Waals surface area contributed by atoms with Crippen molar-refractivity contribution in [2.45, 2.75) is 13.8 Å². The van der Waals surface area contributed by atoms with Crippen molar-refractivity contribution in [1.29, 1.82) is 0 Å². The Hall–Kier alpha value is -2.74. The van der Waals surface area contributed by atoms with E-state index in [-0.39, 0.29) is 11.8 Å². The Morgan fingerprint density at radius 3 is 2.56 bits per heavy atom. The quantitative estimate of drug-likeness (QED) is 0.670. The van der Waals surface area contributed by atoms with Gasteiger partial charge in [0.15, 0.2) is 0 Å². The van der Waals surface area contributed by atoms with Crippen LogP contribution in [0.5, 0.6) is 0 Å². The predicted octanol–water partition coefficient (Wildman–Crippen LogP) is 5.59. The first-order valence-corrected chi connectivity index (χ1v) is 8.56. The van der Waals surface area contributed by atoms with Crippen molar-refractivity contribution in [3.63, 3.8) is 0 Å². The van der Waals surface area contributed by atoms with E-state index in [1.54, 1.807) is 0 Å². The maximum Gasteiger partial charge on any atom is 0.143 e. The lowest BCUT2D eigenvalue weighted by Crippen LogP contribution is -2.32. The first-order chi connectivity index (χ1) is 12.0. The Bertz CT molecular complexity index is 837. The van der Waals surface area contributed by atoms with Crippen LogP contribution in [0.2, 0.25) is 0 Å². The van der Waals surface area contributed by atoms with Crippen molar-refractivity contribution in [2.24, 2.45) is 11.8 Å². The lowest BCUT2D eigenvalue weighted by Gasteiger charge is -2.39. The Balaban J connectivity index is 2.08. The number of hydrogen-bond donors (Lipinski definition) is 0. The molecule has 1 aliphatic heterocycles. The molecule has 2 nitrogen and oxygen atoms in total. The summed E-state index contributed by atoms with van der Waals surface area (Å²) < 4.78 is 6.17. The number of benzene rings is 1. The predicted molar refractivity (Wildman–Crippen MR) is 105 cm³/mol. The summed E-state index contributed by atoms with van der Waals surface area (Å²) in [5, 5.41) is 0. The number of allylic oxidation sites excluding steroid dienone is 5. The van der Waals surface area contributed by atoms with Gasteiger partial charge in [-0.15, -0.1) is 6.58 Å². The minimum absolute atomic E-state index is 0.199. The maximum atomic E-state index is 6.17. The van der Waals surface area contributed by atoms with E-state index in [0.717, 1.165) is 17.2 Å². The van der Waals surface area contributed by atoms with E-state index in [4.69, 9.17) is 4.74 Å². The van der Waals surface area contributed by atoms with Gasteiger partial charge in [-0.3, -0.25) is 0 Å². The van der Waals surface area contributed by atoms with Gasteiger partial charge >= 0.3 is 0 Å². The van der Waals surface area contributed by atoms with Crippen molar-refractivity contribution < 1.29 is 4.74 Å². The van der Waals surface area contributed by atoms with Gasteiger partial charge in [-0.1, -0.05) is 56.5 Å². The summed E-state index contributed by atoms with van der Waals surface area (Å²) in [5.41, 5.74) is 5.59. The Kier molecular flexibility index (Phi) is 4.54. The molecule has 0 radical (unpaired) electrons. The molecule has 1 heterocycles. The molecule has 2 atom stereocenters. The van der Waals surface area contributed by atoms with E-state index in [9.17, 15) is 0 Å². The molecule has 0 saturated heterocycles. The van der Waals surface area contributed by atoms with Gasteiger partial charge in [-0.2, -0.15) is 0 Å². The minimum Gasteiger partial charge on any atom is -0.458 e. The maximum absolute atomic E-state index is 6.17. The van der Waals surface area contributed by atoms with Crippen LogP contribution in [0.4, 0.5) is 0 Å². The fourth-order valence-corrected chi connectivity index (χ4v) is 3.53.